The van der Waals surface area contributed by atoms with Crippen molar-refractivity contribution in [1.29, 1.82) is 0 Å². The Morgan fingerprint density at radius 3 is 2.06 bits per heavy atom. The van der Waals surface area contributed by atoms with E-state index in [9.17, 15) is 18.0 Å². The lowest BCUT2D eigenvalue weighted by atomic mass is 10.1. The molecule has 0 aliphatic carbocycles. The zero-order valence-corrected chi connectivity index (χ0v) is 18.6. The zero-order chi connectivity index (χ0) is 23.1. The lowest BCUT2D eigenvalue weighted by Crippen LogP contribution is -2.31. The van der Waals surface area contributed by atoms with Crippen LogP contribution >= 0.6 is 0 Å². The Morgan fingerprint density at radius 1 is 0.906 bits per heavy atom. The second-order valence-electron chi connectivity index (χ2n) is 7.11. The lowest BCUT2D eigenvalue weighted by Gasteiger charge is -2.19. The second-order valence-corrected chi connectivity index (χ2v) is 9.08. The molecule has 7 nitrogen and oxygen atoms in total. The molecule has 1 unspecified atom stereocenters. The van der Waals surface area contributed by atoms with E-state index in [0.29, 0.717) is 5.69 Å². The van der Waals surface area contributed by atoms with Crippen LogP contribution in [0, 0.1) is 0 Å². The third kappa shape index (κ3) is 5.53. The molecular weight excluding hydrogens is 428 g/mol. The summed E-state index contributed by atoms with van der Waals surface area (Å²) in [7, 11) is -2.32. The van der Waals surface area contributed by atoms with Gasteiger partial charge in [0.05, 0.1) is 22.2 Å². The van der Waals surface area contributed by atoms with Gasteiger partial charge in [0.2, 0.25) is 0 Å². The zero-order valence-electron chi connectivity index (χ0n) is 17.8. The van der Waals surface area contributed by atoms with Crippen LogP contribution in [-0.2, 0) is 19.6 Å². The molecule has 3 rings (SSSR count). The van der Waals surface area contributed by atoms with E-state index in [1.807, 2.05) is 37.3 Å². The summed E-state index contributed by atoms with van der Waals surface area (Å²) in [5.41, 5.74) is 1.60. The largest absolute Gasteiger partial charge is 0.452 e. The Bertz CT molecular complexity index is 1160. The first kappa shape index (κ1) is 23.0. The number of hydrogen-bond acceptors (Lipinski definition) is 5. The van der Waals surface area contributed by atoms with E-state index in [-0.39, 0.29) is 16.5 Å². The number of sulfonamides is 1. The Morgan fingerprint density at radius 2 is 1.47 bits per heavy atom. The van der Waals surface area contributed by atoms with E-state index >= 15 is 0 Å². The maximum atomic E-state index is 12.8. The van der Waals surface area contributed by atoms with Crippen LogP contribution in [0.1, 0.15) is 28.9 Å². The highest BCUT2D eigenvalue weighted by Crippen LogP contribution is 2.22. The minimum atomic E-state index is -3.78. The van der Waals surface area contributed by atoms with E-state index in [1.165, 1.54) is 35.6 Å². The van der Waals surface area contributed by atoms with Crippen molar-refractivity contribution in [3.63, 3.8) is 0 Å². The Kier molecular flexibility index (Phi) is 7.27. The summed E-state index contributed by atoms with van der Waals surface area (Å²) >= 11 is 0. The van der Waals surface area contributed by atoms with Gasteiger partial charge in [-0.25, -0.2) is 13.2 Å². The van der Waals surface area contributed by atoms with Crippen molar-refractivity contribution in [3.05, 3.63) is 96.1 Å². The highest BCUT2D eigenvalue weighted by molar-refractivity contribution is 7.92. The summed E-state index contributed by atoms with van der Waals surface area (Å²) in [5.74, 6) is -1.15. The number of esters is 1. The quantitative estimate of drug-likeness (QED) is 0.528. The van der Waals surface area contributed by atoms with E-state index in [2.05, 4.69) is 5.32 Å². The summed E-state index contributed by atoms with van der Waals surface area (Å²) in [6.07, 6.45) is 0. The third-order valence-electron chi connectivity index (χ3n) is 4.88. The number of ether oxygens (including phenoxy) is 1. The number of carbonyl (C=O) groups excluding carboxylic acids is 2. The van der Waals surface area contributed by atoms with Crippen molar-refractivity contribution < 1.29 is 22.7 Å². The molecule has 1 N–H and O–H groups in total. The van der Waals surface area contributed by atoms with Crippen LogP contribution in [-0.4, -0.2) is 33.9 Å². The number of carbonyl (C=O) groups is 2. The standard InChI is InChI=1S/C24H24N2O5S/c1-18(19-9-5-3-6-10-19)25-23(27)17-31-24(28)20-13-15-22(16-14-20)32(29,30)26(2)21-11-7-4-8-12-21/h3-16,18H,17H2,1-2H3,(H,25,27). The molecule has 1 atom stereocenters. The average molecular weight is 453 g/mol. The van der Waals surface area contributed by atoms with Gasteiger partial charge in [0, 0.05) is 7.05 Å². The summed E-state index contributed by atoms with van der Waals surface area (Å²) in [6, 6.07) is 23.2. The number of nitrogens with one attached hydrogen (secondary N) is 1. The number of benzene rings is 3. The third-order valence-corrected chi connectivity index (χ3v) is 6.68. The van der Waals surface area contributed by atoms with Gasteiger partial charge in [0.15, 0.2) is 6.61 Å². The Balaban J connectivity index is 1.58. The molecule has 0 saturated heterocycles. The van der Waals surface area contributed by atoms with Crippen molar-refractivity contribution in [2.75, 3.05) is 18.0 Å². The van der Waals surface area contributed by atoms with Crippen molar-refractivity contribution in [1.82, 2.24) is 5.32 Å². The number of para-hydroxylation sites is 1. The molecule has 1 amide bonds. The van der Waals surface area contributed by atoms with E-state index in [1.54, 1.807) is 30.3 Å². The molecule has 0 bridgehead atoms. The molecule has 0 aromatic heterocycles. The van der Waals surface area contributed by atoms with Crippen LogP contribution in [0.25, 0.3) is 0 Å². The monoisotopic (exact) mass is 452 g/mol. The van der Waals surface area contributed by atoms with Crippen LogP contribution in [0.4, 0.5) is 5.69 Å². The van der Waals surface area contributed by atoms with Crippen LogP contribution in [0.2, 0.25) is 0 Å². The molecular formula is C24H24N2O5S. The first-order valence-electron chi connectivity index (χ1n) is 9.94. The van der Waals surface area contributed by atoms with Crippen LogP contribution < -0.4 is 9.62 Å². The van der Waals surface area contributed by atoms with Crippen molar-refractivity contribution in [3.8, 4) is 0 Å². The molecule has 0 heterocycles. The van der Waals surface area contributed by atoms with E-state index in [0.717, 1.165) is 5.56 Å². The lowest BCUT2D eigenvalue weighted by molar-refractivity contribution is -0.124. The van der Waals surface area contributed by atoms with E-state index in [4.69, 9.17) is 4.74 Å². The van der Waals surface area contributed by atoms with Gasteiger partial charge < -0.3 is 10.1 Å². The summed E-state index contributed by atoms with van der Waals surface area (Å²) < 4.78 is 31.8. The fraction of sp³-hybridized carbons (Fsp3) is 0.167. The fourth-order valence-electron chi connectivity index (χ4n) is 3.02. The second kappa shape index (κ2) is 10.1. The molecule has 32 heavy (non-hydrogen) atoms. The highest BCUT2D eigenvalue weighted by Gasteiger charge is 2.22. The maximum absolute atomic E-state index is 12.8. The minimum Gasteiger partial charge on any atom is -0.452 e. The molecule has 3 aromatic rings. The fourth-order valence-corrected chi connectivity index (χ4v) is 4.22. The van der Waals surface area contributed by atoms with Crippen molar-refractivity contribution >= 4 is 27.6 Å². The minimum absolute atomic E-state index is 0.0369. The maximum Gasteiger partial charge on any atom is 0.338 e. The molecule has 0 aliphatic rings. The number of nitrogens with zero attached hydrogens (tertiary/aromatic N) is 1. The molecule has 0 spiro atoms. The van der Waals surface area contributed by atoms with Gasteiger partial charge >= 0.3 is 5.97 Å². The molecule has 0 aliphatic heterocycles. The number of amides is 1. The van der Waals surface area contributed by atoms with Crippen LogP contribution in [0.15, 0.2) is 89.8 Å². The molecule has 0 radical (unpaired) electrons. The Hall–Kier alpha value is -3.65. The summed E-state index contributed by atoms with van der Waals surface area (Å²) in [5, 5.41) is 2.76. The van der Waals surface area contributed by atoms with Crippen LogP contribution in [0.5, 0.6) is 0 Å². The molecule has 0 saturated carbocycles. The van der Waals surface area contributed by atoms with Gasteiger partial charge in [-0.05, 0) is 48.9 Å². The molecule has 8 heteroatoms. The number of rotatable bonds is 8. The van der Waals surface area contributed by atoms with Gasteiger partial charge in [0.25, 0.3) is 15.9 Å². The first-order valence-corrected chi connectivity index (χ1v) is 11.4. The predicted octanol–water partition coefficient (Wildman–Crippen LogP) is 3.55. The average Bonchev–Trinajstić information content (AvgIpc) is 2.83. The predicted molar refractivity (Wildman–Crippen MR) is 122 cm³/mol. The molecule has 3 aromatic carbocycles. The van der Waals surface area contributed by atoms with Crippen LogP contribution in [0.3, 0.4) is 0 Å². The van der Waals surface area contributed by atoms with Crippen molar-refractivity contribution in [2.24, 2.45) is 0 Å². The topological polar surface area (TPSA) is 92.8 Å². The van der Waals surface area contributed by atoms with E-state index < -0.39 is 28.5 Å². The molecule has 166 valence electrons. The van der Waals surface area contributed by atoms with Gasteiger partial charge in [-0.2, -0.15) is 0 Å². The number of anilines is 1. The van der Waals surface area contributed by atoms with Gasteiger partial charge in [-0.1, -0.05) is 48.5 Å². The number of hydrogen-bond donors (Lipinski definition) is 1. The smallest absolute Gasteiger partial charge is 0.338 e. The Labute approximate surface area is 187 Å². The van der Waals surface area contributed by atoms with Crippen molar-refractivity contribution in [2.45, 2.75) is 17.9 Å². The SMILES string of the molecule is CC(NC(=O)COC(=O)c1ccc(S(=O)(=O)N(C)c2ccccc2)cc1)c1ccccc1. The van der Waals surface area contributed by atoms with Gasteiger partial charge in [-0.3, -0.25) is 9.10 Å². The normalized spacial score (nSPS) is 11.9. The molecule has 0 fully saturated rings. The highest BCUT2D eigenvalue weighted by atomic mass is 32.2. The summed E-state index contributed by atoms with van der Waals surface area (Å²) in [4.78, 5) is 24.4. The first-order chi connectivity index (χ1) is 15.3. The summed E-state index contributed by atoms with van der Waals surface area (Å²) in [6.45, 7) is 1.40. The van der Waals surface area contributed by atoms with Gasteiger partial charge in [-0.15, -0.1) is 0 Å². The van der Waals surface area contributed by atoms with Gasteiger partial charge in [0.1, 0.15) is 0 Å².